The summed E-state index contributed by atoms with van der Waals surface area (Å²) < 4.78 is 37.0. The van der Waals surface area contributed by atoms with Gasteiger partial charge in [-0.15, -0.1) is 0 Å². The minimum atomic E-state index is -0.751. The molecule has 1 heterocycles. The molecular formula is C12H13F2N3O2. The van der Waals surface area contributed by atoms with E-state index in [0.29, 0.717) is 23.5 Å². The predicted octanol–water partition coefficient (Wildman–Crippen LogP) is 1.95. The summed E-state index contributed by atoms with van der Waals surface area (Å²) in [7, 11) is 1.70. The monoisotopic (exact) mass is 269 g/mol. The lowest BCUT2D eigenvalue weighted by molar-refractivity contribution is 0.252. The lowest BCUT2D eigenvalue weighted by Crippen LogP contribution is -2.07. The topological polar surface area (TPSA) is 60.2 Å². The van der Waals surface area contributed by atoms with Gasteiger partial charge < -0.3 is 10.1 Å². The van der Waals surface area contributed by atoms with Crippen LogP contribution in [0.5, 0.6) is 5.75 Å². The van der Waals surface area contributed by atoms with E-state index in [0.717, 1.165) is 0 Å². The van der Waals surface area contributed by atoms with Gasteiger partial charge in [-0.1, -0.05) is 10.3 Å². The highest BCUT2D eigenvalue weighted by Gasteiger charge is 2.14. The second kappa shape index (κ2) is 5.75. The van der Waals surface area contributed by atoms with Gasteiger partial charge >= 0.3 is 0 Å². The molecule has 7 heteroatoms. The Morgan fingerprint density at radius 2 is 1.95 bits per heavy atom. The van der Waals surface area contributed by atoms with Gasteiger partial charge in [-0.25, -0.2) is 13.4 Å². The smallest absolute Gasteiger partial charge is 0.191 e. The standard InChI is InChI=1S/C12H13F2N3O2/c1-7-11(17-19-16-7)6-18-12-9(13)3-8(5-15-2)4-10(12)14/h3-4,15H,5-6H2,1-2H3. The van der Waals surface area contributed by atoms with E-state index < -0.39 is 17.4 Å². The molecule has 0 bridgehead atoms. The Labute approximate surface area is 108 Å². The van der Waals surface area contributed by atoms with Crippen molar-refractivity contribution in [3.63, 3.8) is 0 Å². The summed E-state index contributed by atoms with van der Waals surface area (Å²) in [6.45, 7) is 1.94. The predicted molar refractivity (Wildman–Crippen MR) is 62.5 cm³/mol. The Bertz CT molecular complexity index is 549. The van der Waals surface area contributed by atoms with E-state index in [1.807, 2.05) is 0 Å². The van der Waals surface area contributed by atoms with Crippen LogP contribution in [0.2, 0.25) is 0 Å². The van der Waals surface area contributed by atoms with Crippen molar-refractivity contribution >= 4 is 0 Å². The Morgan fingerprint density at radius 3 is 2.47 bits per heavy atom. The molecule has 0 radical (unpaired) electrons. The number of aromatic nitrogens is 2. The molecule has 19 heavy (non-hydrogen) atoms. The molecule has 1 N–H and O–H groups in total. The van der Waals surface area contributed by atoms with Gasteiger partial charge in [0.05, 0.1) is 0 Å². The SMILES string of the molecule is CNCc1cc(F)c(OCc2nonc2C)c(F)c1. The Kier molecular flexibility index (Phi) is 4.06. The second-order valence-electron chi connectivity index (χ2n) is 4.00. The molecule has 0 unspecified atom stereocenters. The van der Waals surface area contributed by atoms with Crippen LogP contribution in [0.3, 0.4) is 0 Å². The van der Waals surface area contributed by atoms with Gasteiger partial charge in [-0.05, 0) is 31.7 Å². The van der Waals surface area contributed by atoms with Crippen LogP contribution in [0, 0.1) is 18.6 Å². The summed E-state index contributed by atoms with van der Waals surface area (Å²) in [5.74, 6) is -1.93. The minimum absolute atomic E-state index is 0.103. The Balaban J connectivity index is 2.14. The van der Waals surface area contributed by atoms with E-state index in [4.69, 9.17) is 4.74 Å². The number of ether oxygens (including phenoxy) is 1. The molecule has 1 aromatic carbocycles. The van der Waals surface area contributed by atoms with Crippen LogP contribution in [0.4, 0.5) is 8.78 Å². The van der Waals surface area contributed by atoms with Crippen molar-refractivity contribution in [2.45, 2.75) is 20.1 Å². The maximum Gasteiger partial charge on any atom is 0.191 e. The lowest BCUT2D eigenvalue weighted by atomic mass is 10.2. The number of halogens is 2. The third-order valence-electron chi connectivity index (χ3n) is 2.54. The average Bonchev–Trinajstić information content (AvgIpc) is 2.74. The molecule has 0 aliphatic heterocycles. The summed E-state index contributed by atoms with van der Waals surface area (Å²) in [4.78, 5) is 0. The van der Waals surface area contributed by atoms with Crippen LogP contribution in [-0.4, -0.2) is 17.4 Å². The van der Waals surface area contributed by atoms with Gasteiger partial charge in [-0.3, -0.25) is 0 Å². The van der Waals surface area contributed by atoms with E-state index in [1.165, 1.54) is 12.1 Å². The van der Waals surface area contributed by atoms with Crippen molar-refractivity contribution in [1.29, 1.82) is 0 Å². The van der Waals surface area contributed by atoms with E-state index >= 15 is 0 Å². The average molecular weight is 269 g/mol. The quantitative estimate of drug-likeness (QED) is 0.899. The molecule has 0 aliphatic carbocycles. The summed E-state index contributed by atoms with van der Waals surface area (Å²) in [6.07, 6.45) is 0. The van der Waals surface area contributed by atoms with Crippen LogP contribution in [0.15, 0.2) is 16.8 Å². The first-order chi connectivity index (χ1) is 9.11. The molecule has 1 aromatic heterocycles. The van der Waals surface area contributed by atoms with E-state index in [2.05, 4.69) is 20.3 Å². The fourth-order valence-electron chi connectivity index (χ4n) is 1.58. The molecular weight excluding hydrogens is 256 g/mol. The number of hydrogen-bond acceptors (Lipinski definition) is 5. The van der Waals surface area contributed by atoms with Gasteiger partial charge in [-0.2, -0.15) is 0 Å². The summed E-state index contributed by atoms with van der Waals surface area (Å²) in [6, 6.07) is 2.45. The Morgan fingerprint density at radius 1 is 1.26 bits per heavy atom. The summed E-state index contributed by atoms with van der Waals surface area (Å²) in [5, 5.41) is 9.94. The van der Waals surface area contributed by atoms with Gasteiger partial charge in [0.15, 0.2) is 17.4 Å². The van der Waals surface area contributed by atoms with Crippen molar-refractivity contribution in [2.75, 3.05) is 7.05 Å². The minimum Gasteiger partial charge on any atom is -0.481 e. The van der Waals surface area contributed by atoms with E-state index in [9.17, 15) is 8.78 Å². The number of rotatable bonds is 5. The van der Waals surface area contributed by atoms with Crippen molar-refractivity contribution in [2.24, 2.45) is 0 Å². The first kappa shape index (κ1) is 13.4. The maximum absolute atomic E-state index is 13.7. The van der Waals surface area contributed by atoms with Crippen molar-refractivity contribution in [3.05, 3.63) is 40.7 Å². The molecule has 102 valence electrons. The summed E-state index contributed by atoms with van der Waals surface area (Å²) in [5.41, 5.74) is 1.43. The molecule has 2 rings (SSSR count). The molecule has 0 aliphatic rings. The lowest BCUT2D eigenvalue weighted by Gasteiger charge is -2.09. The zero-order chi connectivity index (χ0) is 13.8. The fourth-order valence-corrected chi connectivity index (χ4v) is 1.58. The first-order valence-corrected chi connectivity index (χ1v) is 5.65. The van der Waals surface area contributed by atoms with Crippen LogP contribution in [-0.2, 0) is 13.2 Å². The number of nitrogens with one attached hydrogen (secondary N) is 1. The maximum atomic E-state index is 13.7. The van der Waals surface area contributed by atoms with Gasteiger partial charge in [0.2, 0.25) is 0 Å². The molecule has 0 saturated carbocycles. The molecule has 2 aromatic rings. The highest BCUT2D eigenvalue weighted by Crippen LogP contribution is 2.24. The highest BCUT2D eigenvalue weighted by atomic mass is 19.1. The van der Waals surface area contributed by atoms with Gasteiger partial charge in [0.25, 0.3) is 0 Å². The van der Waals surface area contributed by atoms with E-state index in [1.54, 1.807) is 14.0 Å². The van der Waals surface area contributed by atoms with Crippen LogP contribution < -0.4 is 10.1 Å². The van der Waals surface area contributed by atoms with Gasteiger partial charge in [0, 0.05) is 6.54 Å². The van der Waals surface area contributed by atoms with E-state index in [-0.39, 0.29) is 6.61 Å². The van der Waals surface area contributed by atoms with Gasteiger partial charge in [0.1, 0.15) is 18.0 Å². The molecule has 0 fully saturated rings. The molecule has 5 nitrogen and oxygen atoms in total. The zero-order valence-corrected chi connectivity index (χ0v) is 10.5. The molecule has 0 amide bonds. The van der Waals surface area contributed by atoms with Crippen LogP contribution >= 0.6 is 0 Å². The number of hydrogen-bond donors (Lipinski definition) is 1. The Hall–Kier alpha value is -2.02. The fraction of sp³-hybridized carbons (Fsp3) is 0.333. The van der Waals surface area contributed by atoms with Crippen molar-refractivity contribution < 1.29 is 18.1 Å². The number of benzene rings is 1. The van der Waals surface area contributed by atoms with Crippen molar-refractivity contribution in [1.82, 2.24) is 15.6 Å². The molecule has 0 spiro atoms. The third-order valence-corrected chi connectivity index (χ3v) is 2.54. The molecule has 0 saturated heterocycles. The molecule has 0 atom stereocenters. The number of nitrogens with zero attached hydrogens (tertiary/aromatic N) is 2. The third kappa shape index (κ3) is 3.05. The number of aryl methyl sites for hydroxylation is 1. The largest absolute Gasteiger partial charge is 0.481 e. The zero-order valence-electron chi connectivity index (χ0n) is 10.5. The highest BCUT2D eigenvalue weighted by molar-refractivity contribution is 5.31. The summed E-state index contributed by atoms with van der Waals surface area (Å²) >= 11 is 0. The normalized spacial score (nSPS) is 10.7. The first-order valence-electron chi connectivity index (χ1n) is 5.65. The van der Waals surface area contributed by atoms with Crippen LogP contribution in [0.25, 0.3) is 0 Å². The second-order valence-corrected chi connectivity index (χ2v) is 4.00. The van der Waals surface area contributed by atoms with Crippen LogP contribution in [0.1, 0.15) is 17.0 Å². The van der Waals surface area contributed by atoms with Crippen molar-refractivity contribution in [3.8, 4) is 5.75 Å².